The van der Waals surface area contributed by atoms with Gasteiger partial charge in [-0.15, -0.1) is 11.3 Å². The summed E-state index contributed by atoms with van der Waals surface area (Å²) in [5.74, 6) is -1.94. The molecule has 2 aromatic carbocycles. The standard InChI is InChI=1S/C19H12ClF2NO4S/c20-15-13(10-4-2-1-3-5-10)14(18(25)26)17(28-15)23-16(24)11-6-8-12(9-7-11)27-19(21)22/h1-9,19H,(H,23,24)(H,25,26). The maximum absolute atomic E-state index is 12.5. The third kappa shape index (κ3) is 4.29. The highest BCUT2D eigenvalue weighted by atomic mass is 35.5. The maximum Gasteiger partial charge on any atom is 0.387 e. The number of carboxylic acid groups (broad SMARTS) is 1. The van der Waals surface area contributed by atoms with Crippen molar-refractivity contribution < 1.29 is 28.2 Å². The molecule has 0 spiro atoms. The van der Waals surface area contributed by atoms with Crippen LogP contribution in [0.4, 0.5) is 13.8 Å². The zero-order valence-electron chi connectivity index (χ0n) is 14.0. The van der Waals surface area contributed by atoms with Crippen molar-refractivity contribution in [3.05, 3.63) is 70.1 Å². The Hall–Kier alpha value is -2.97. The van der Waals surface area contributed by atoms with Crippen LogP contribution in [-0.2, 0) is 0 Å². The summed E-state index contributed by atoms with van der Waals surface area (Å²) in [6.45, 7) is -2.97. The molecule has 0 aliphatic rings. The monoisotopic (exact) mass is 423 g/mol. The Bertz CT molecular complexity index is 1010. The zero-order chi connectivity index (χ0) is 20.3. The number of nitrogens with one attached hydrogen (secondary N) is 1. The minimum atomic E-state index is -2.97. The molecule has 0 saturated carbocycles. The van der Waals surface area contributed by atoms with Gasteiger partial charge in [-0.05, 0) is 29.8 Å². The molecule has 1 heterocycles. The first kappa shape index (κ1) is 19.8. The first-order valence-electron chi connectivity index (χ1n) is 7.84. The van der Waals surface area contributed by atoms with Crippen molar-refractivity contribution in [3.63, 3.8) is 0 Å². The largest absolute Gasteiger partial charge is 0.478 e. The number of aromatic carboxylic acids is 1. The maximum atomic E-state index is 12.5. The van der Waals surface area contributed by atoms with E-state index in [4.69, 9.17) is 11.6 Å². The van der Waals surface area contributed by atoms with Crippen molar-refractivity contribution in [2.45, 2.75) is 6.61 Å². The fraction of sp³-hybridized carbons (Fsp3) is 0.0526. The molecule has 1 amide bonds. The number of amides is 1. The van der Waals surface area contributed by atoms with Crippen molar-refractivity contribution in [2.75, 3.05) is 5.32 Å². The summed E-state index contributed by atoms with van der Waals surface area (Å²) in [6.07, 6.45) is 0. The number of rotatable bonds is 6. The summed E-state index contributed by atoms with van der Waals surface area (Å²) in [5.41, 5.74) is 0.946. The molecule has 5 nitrogen and oxygen atoms in total. The molecule has 1 aromatic heterocycles. The van der Waals surface area contributed by atoms with Crippen LogP contribution in [0.2, 0.25) is 4.34 Å². The van der Waals surface area contributed by atoms with Crippen LogP contribution in [0.5, 0.6) is 5.75 Å². The molecule has 0 bridgehead atoms. The molecule has 28 heavy (non-hydrogen) atoms. The van der Waals surface area contributed by atoms with E-state index in [1.165, 1.54) is 24.3 Å². The van der Waals surface area contributed by atoms with Gasteiger partial charge in [-0.3, -0.25) is 4.79 Å². The quantitative estimate of drug-likeness (QED) is 0.539. The van der Waals surface area contributed by atoms with Crippen molar-refractivity contribution in [1.82, 2.24) is 0 Å². The van der Waals surface area contributed by atoms with Gasteiger partial charge in [0.2, 0.25) is 0 Å². The second-order valence-electron chi connectivity index (χ2n) is 5.48. The van der Waals surface area contributed by atoms with Gasteiger partial charge in [0, 0.05) is 11.1 Å². The SMILES string of the molecule is O=C(Nc1sc(Cl)c(-c2ccccc2)c1C(=O)O)c1ccc(OC(F)F)cc1. The van der Waals surface area contributed by atoms with E-state index >= 15 is 0 Å². The second-order valence-corrected chi connectivity index (χ2v) is 7.11. The molecule has 2 N–H and O–H groups in total. The van der Waals surface area contributed by atoms with Crippen molar-refractivity contribution in [3.8, 4) is 16.9 Å². The minimum absolute atomic E-state index is 0.0780. The van der Waals surface area contributed by atoms with Crippen LogP contribution in [0.1, 0.15) is 20.7 Å². The molecule has 9 heteroatoms. The van der Waals surface area contributed by atoms with Crippen LogP contribution in [0.25, 0.3) is 11.1 Å². The van der Waals surface area contributed by atoms with Crippen LogP contribution in [0, 0.1) is 0 Å². The molecule has 0 aliphatic carbocycles. The highest BCUT2D eigenvalue weighted by Crippen LogP contribution is 2.43. The van der Waals surface area contributed by atoms with E-state index in [2.05, 4.69) is 10.1 Å². The predicted molar refractivity (Wildman–Crippen MR) is 103 cm³/mol. The lowest BCUT2D eigenvalue weighted by atomic mass is 10.0. The van der Waals surface area contributed by atoms with E-state index in [0.717, 1.165) is 11.3 Å². The number of carbonyl (C=O) groups is 2. The van der Waals surface area contributed by atoms with Crippen molar-refractivity contribution >= 4 is 39.8 Å². The number of hydrogen-bond acceptors (Lipinski definition) is 4. The van der Waals surface area contributed by atoms with Gasteiger partial charge in [-0.2, -0.15) is 8.78 Å². The fourth-order valence-corrected chi connectivity index (χ4v) is 3.89. The van der Waals surface area contributed by atoms with Crippen molar-refractivity contribution in [2.24, 2.45) is 0 Å². The number of hydrogen-bond donors (Lipinski definition) is 2. The third-order valence-corrected chi connectivity index (χ3v) is 5.02. The molecule has 0 radical (unpaired) electrons. The lowest BCUT2D eigenvalue weighted by Gasteiger charge is -2.07. The molecule has 3 rings (SSSR count). The van der Waals surface area contributed by atoms with Gasteiger partial charge >= 0.3 is 12.6 Å². The zero-order valence-corrected chi connectivity index (χ0v) is 15.6. The molecular weight excluding hydrogens is 412 g/mol. The van der Waals surface area contributed by atoms with Gasteiger partial charge in [0.05, 0.1) is 0 Å². The Kier molecular flexibility index (Phi) is 5.91. The number of carbonyl (C=O) groups excluding carboxylic acids is 1. The highest BCUT2D eigenvalue weighted by Gasteiger charge is 2.25. The molecule has 0 unspecified atom stereocenters. The third-order valence-electron chi connectivity index (χ3n) is 3.71. The lowest BCUT2D eigenvalue weighted by molar-refractivity contribution is -0.0498. The second kappa shape index (κ2) is 8.37. The molecule has 144 valence electrons. The molecular formula is C19H12ClF2NO4S. The normalized spacial score (nSPS) is 10.7. The molecule has 0 fully saturated rings. The summed E-state index contributed by atoms with van der Waals surface area (Å²) in [4.78, 5) is 24.3. The highest BCUT2D eigenvalue weighted by molar-refractivity contribution is 7.21. The van der Waals surface area contributed by atoms with Gasteiger partial charge in [-0.1, -0.05) is 41.9 Å². The Morgan fingerprint density at radius 1 is 1.07 bits per heavy atom. The van der Waals surface area contributed by atoms with Gasteiger partial charge in [0.1, 0.15) is 20.7 Å². The average molecular weight is 424 g/mol. The van der Waals surface area contributed by atoms with Gasteiger partial charge in [-0.25, -0.2) is 4.79 Å². The van der Waals surface area contributed by atoms with E-state index in [1.54, 1.807) is 30.3 Å². The number of carboxylic acids is 1. The molecule has 3 aromatic rings. The Morgan fingerprint density at radius 3 is 2.29 bits per heavy atom. The van der Waals surface area contributed by atoms with E-state index in [9.17, 15) is 23.5 Å². The van der Waals surface area contributed by atoms with Crippen LogP contribution in [0.15, 0.2) is 54.6 Å². The number of anilines is 1. The minimum Gasteiger partial charge on any atom is -0.478 e. The number of thiophene rings is 1. The van der Waals surface area contributed by atoms with Crippen molar-refractivity contribution in [1.29, 1.82) is 0 Å². The van der Waals surface area contributed by atoms with E-state index in [0.29, 0.717) is 11.1 Å². The van der Waals surface area contributed by atoms with E-state index < -0.39 is 18.5 Å². The first-order valence-corrected chi connectivity index (χ1v) is 9.03. The Balaban J connectivity index is 1.90. The lowest BCUT2D eigenvalue weighted by Crippen LogP contribution is -2.13. The Labute approximate surface area is 167 Å². The van der Waals surface area contributed by atoms with Gasteiger partial charge in [0.15, 0.2) is 0 Å². The number of alkyl halides is 2. The van der Waals surface area contributed by atoms with Crippen LogP contribution >= 0.6 is 22.9 Å². The molecule has 0 saturated heterocycles. The fourth-order valence-electron chi connectivity index (χ4n) is 2.52. The number of ether oxygens (including phenoxy) is 1. The summed E-state index contributed by atoms with van der Waals surface area (Å²) in [5, 5.41) is 12.2. The molecule has 0 aliphatic heterocycles. The van der Waals surface area contributed by atoms with Gasteiger partial charge < -0.3 is 15.2 Å². The predicted octanol–water partition coefficient (Wildman–Crippen LogP) is 5.62. The van der Waals surface area contributed by atoms with Crippen LogP contribution in [-0.4, -0.2) is 23.6 Å². The first-order chi connectivity index (χ1) is 13.4. The summed E-state index contributed by atoms with van der Waals surface area (Å²) in [7, 11) is 0. The number of halogens is 3. The average Bonchev–Trinajstić information content (AvgIpc) is 2.98. The topological polar surface area (TPSA) is 75.6 Å². The summed E-state index contributed by atoms with van der Waals surface area (Å²) in [6, 6.07) is 13.7. The smallest absolute Gasteiger partial charge is 0.387 e. The van der Waals surface area contributed by atoms with Gasteiger partial charge in [0.25, 0.3) is 5.91 Å². The summed E-state index contributed by atoms with van der Waals surface area (Å²) >= 11 is 7.17. The van der Waals surface area contributed by atoms with Crippen LogP contribution in [0.3, 0.4) is 0 Å². The van der Waals surface area contributed by atoms with E-state index in [1.807, 2.05) is 0 Å². The summed E-state index contributed by atoms with van der Waals surface area (Å²) < 4.78 is 28.8. The Morgan fingerprint density at radius 2 is 1.71 bits per heavy atom. The van der Waals surface area contributed by atoms with Crippen LogP contribution < -0.4 is 10.1 Å². The van der Waals surface area contributed by atoms with E-state index in [-0.39, 0.29) is 26.2 Å². The molecule has 0 atom stereocenters. The number of benzene rings is 2.